The molecular formula is C15H21NO3. The lowest BCUT2D eigenvalue weighted by Gasteiger charge is -2.27. The highest BCUT2D eigenvalue weighted by atomic mass is 16.6. The number of hydrogen-bond acceptors (Lipinski definition) is 3. The van der Waals surface area contributed by atoms with Crippen LogP contribution in [0, 0.1) is 0 Å². The highest BCUT2D eigenvalue weighted by Crippen LogP contribution is 2.25. The van der Waals surface area contributed by atoms with Gasteiger partial charge in [-0.25, -0.2) is 4.79 Å². The van der Waals surface area contributed by atoms with E-state index in [0.29, 0.717) is 13.2 Å². The van der Waals surface area contributed by atoms with Gasteiger partial charge in [-0.1, -0.05) is 30.3 Å². The number of hydrogen-bond donors (Lipinski definition) is 0. The van der Waals surface area contributed by atoms with Gasteiger partial charge in [0.1, 0.15) is 6.61 Å². The average Bonchev–Trinajstić information content (AvgIpc) is 2.79. The van der Waals surface area contributed by atoms with E-state index in [1.807, 2.05) is 35.2 Å². The first kappa shape index (κ1) is 13.9. The van der Waals surface area contributed by atoms with Crippen LogP contribution >= 0.6 is 0 Å². The molecule has 0 radical (unpaired) electrons. The Labute approximate surface area is 114 Å². The normalized spacial score (nSPS) is 22.5. The Morgan fingerprint density at radius 2 is 2.05 bits per heavy atom. The molecule has 1 fully saturated rings. The fraction of sp³-hybridized carbons (Fsp3) is 0.533. The van der Waals surface area contributed by atoms with E-state index in [2.05, 4.69) is 6.92 Å². The molecule has 0 aromatic heterocycles. The zero-order valence-corrected chi connectivity index (χ0v) is 11.5. The van der Waals surface area contributed by atoms with Crippen molar-refractivity contribution in [1.29, 1.82) is 0 Å². The van der Waals surface area contributed by atoms with Crippen LogP contribution in [0.4, 0.5) is 4.79 Å². The van der Waals surface area contributed by atoms with Gasteiger partial charge in [-0.3, -0.25) is 0 Å². The minimum absolute atomic E-state index is 0.142. The molecule has 1 aliphatic heterocycles. The highest BCUT2D eigenvalue weighted by molar-refractivity contribution is 5.69. The van der Waals surface area contributed by atoms with E-state index in [9.17, 15) is 4.79 Å². The second kappa shape index (κ2) is 6.57. The van der Waals surface area contributed by atoms with Crippen LogP contribution in [-0.4, -0.2) is 36.8 Å². The molecule has 1 saturated heterocycles. The van der Waals surface area contributed by atoms with E-state index in [1.54, 1.807) is 7.11 Å². The summed E-state index contributed by atoms with van der Waals surface area (Å²) in [6.07, 6.45) is 1.75. The lowest BCUT2D eigenvalue weighted by Crippen LogP contribution is -2.42. The Hall–Kier alpha value is -1.55. The maximum Gasteiger partial charge on any atom is 0.410 e. The van der Waals surface area contributed by atoms with E-state index < -0.39 is 0 Å². The van der Waals surface area contributed by atoms with Gasteiger partial charge < -0.3 is 14.4 Å². The number of nitrogens with zero attached hydrogens (tertiary/aromatic N) is 1. The van der Waals surface area contributed by atoms with Gasteiger partial charge >= 0.3 is 6.09 Å². The van der Waals surface area contributed by atoms with E-state index in [-0.39, 0.29) is 18.2 Å². The third-order valence-corrected chi connectivity index (χ3v) is 3.56. The SMILES string of the molecule is COC[C@@H]1CC[C@@H](C)N1C(=O)OCc1ccccc1. The van der Waals surface area contributed by atoms with Gasteiger partial charge in [-0.15, -0.1) is 0 Å². The lowest BCUT2D eigenvalue weighted by atomic mass is 10.2. The van der Waals surface area contributed by atoms with E-state index >= 15 is 0 Å². The lowest BCUT2D eigenvalue weighted by molar-refractivity contribution is 0.0588. The standard InChI is InChI=1S/C15H21NO3/c1-12-8-9-14(11-18-2)16(12)15(17)19-10-13-6-4-3-5-7-13/h3-7,12,14H,8-11H2,1-2H3/t12-,14+/m1/s1. The molecule has 2 atom stereocenters. The van der Waals surface area contributed by atoms with Crippen LogP contribution in [0.2, 0.25) is 0 Å². The number of likely N-dealkylation sites (tertiary alicyclic amines) is 1. The summed E-state index contributed by atoms with van der Waals surface area (Å²) in [6.45, 7) is 2.95. The van der Waals surface area contributed by atoms with E-state index in [0.717, 1.165) is 18.4 Å². The molecule has 2 rings (SSSR count). The summed E-state index contributed by atoms with van der Waals surface area (Å²) in [5.41, 5.74) is 1.01. The van der Waals surface area contributed by atoms with Crippen molar-refractivity contribution in [2.75, 3.05) is 13.7 Å². The molecule has 4 heteroatoms. The molecule has 1 amide bonds. The van der Waals surface area contributed by atoms with Gasteiger partial charge in [0, 0.05) is 13.2 Å². The fourth-order valence-corrected chi connectivity index (χ4v) is 2.55. The molecule has 0 saturated carbocycles. The Morgan fingerprint density at radius 1 is 1.32 bits per heavy atom. The Balaban J connectivity index is 1.91. The van der Waals surface area contributed by atoms with Crippen molar-refractivity contribution in [3.8, 4) is 0 Å². The van der Waals surface area contributed by atoms with Gasteiger partial charge in [-0.2, -0.15) is 0 Å². The number of methoxy groups -OCH3 is 1. The van der Waals surface area contributed by atoms with Crippen molar-refractivity contribution in [1.82, 2.24) is 4.90 Å². The van der Waals surface area contributed by atoms with Crippen molar-refractivity contribution in [3.05, 3.63) is 35.9 Å². The van der Waals surface area contributed by atoms with Gasteiger partial charge in [0.2, 0.25) is 0 Å². The summed E-state index contributed by atoms with van der Waals surface area (Å²) in [5, 5.41) is 0. The van der Waals surface area contributed by atoms with E-state index in [4.69, 9.17) is 9.47 Å². The average molecular weight is 263 g/mol. The van der Waals surface area contributed by atoms with E-state index in [1.165, 1.54) is 0 Å². The number of carbonyl (C=O) groups is 1. The summed E-state index contributed by atoms with van der Waals surface area (Å²) in [6, 6.07) is 10.1. The maximum atomic E-state index is 12.2. The van der Waals surface area contributed by atoms with Crippen molar-refractivity contribution >= 4 is 6.09 Å². The minimum Gasteiger partial charge on any atom is -0.445 e. The molecule has 1 aliphatic rings. The zero-order valence-electron chi connectivity index (χ0n) is 11.5. The second-order valence-electron chi connectivity index (χ2n) is 4.98. The van der Waals surface area contributed by atoms with Gasteiger partial charge in [0.05, 0.1) is 12.6 Å². The first-order chi connectivity index (χ1) is 9.22. The molecular weight excluding hydrogens is 242 g/mol. The van der Waals surface area contributed by atoms with Crippen LogP contribution in [-0.2, 0) is 16.1 Å². The smallest absolute Gasteiger partial charge is 0.410 e. The zero-order chi connectivity index (χ0) is 13.7. The molecule has 0 N–H and O–H groups in total. The molecule has 1 aromatic rings. The number of rotatable bonds is 4. The van der Waals surface area contributed by atoms with Crippen LogP contribution in [0.3, 0.4) is 0 Å². The largest absolute Gasteiger partial charge is 0.445 e. The third-order valence-electron chi connectivity index (χ3n) is 3.56. The predicted molar refractivity (Wildman–Crippen MR) is 72.8 cm³/mol. The monoisotopic (exact) mass is 263 g/mol. The number of amides is 1. The van der Waals surface area contributed by atoms with Crippen LogP contribution in [0.15, 0.2) is 30.3 Å². The van der Waals surface area contributed by atoms with Crippen LogP contribution in [0.25, 0.3) is 0 Å². The topological polar surface area (TPSA) is 38.8 Å². The first-order valence-corrected chi connectivity index (χ1v) is 6.70. The Kier molecular flexibility index (Phi) is 4.80. The van der Waals surface area contributed by atoms with Gasteiger partial charge in [-0.05, 0) is 25.3 Å². The van der Waals surface area contributed by atoms with Crippen LogP contribution < -0.4 is 0 Å². The summed E-state index contributed by atoms with van der Waals surface area (Å²) < 4.78 is 10.6. The molecule has 0 unspecified atom stereocenters. The molecule has 4 nitrogen and oxygen atoms in total. The molecule has 19 heavy (non-hydrogen) atoms. The van der Waals surface area contributed by atoms with Crippen molar-refractivity contribution < 1.29 is 14.3 Å². The second-order valence-corrected chi connectivity index (χ2v) is 4.98. The Morgan fingerprint density at radius 3 is 2.74 bits per heavy atom. The summed E-state index contributed by atoms with van der Waals surface area (Å²) in [5.74, 6) is 0. The first-order valence-electron chi connectivity index (χ1n) is 6.70. The molecule has 0 aliphatic carbocycles. The number of carbonyl (C=O) groups excluding carboxylic acids is 1. The third kappa shape index (κ3) is 3.47. The highest BCUT2D eigenvalue weighted by Gasteiger charge is 2.35. The Bertz CT molecular complexity index is 405. The molecule has 0 bridgehead atoms. The summed E-state index contributed by atoms with van der Waals surface area (Å²) >= 11 is 0. The predicted octanol–water partition coefficient (Wildman–Crippen LogP) is 2.82. The summed E-state index contributed by atoms with van der Waals surface area (Å²) in [7, 11) is 1.66. The van der Waals surface area contributed by atoms with Crippen molar-refractivity contribution in [3.63, 3.8) is 0 Å². The molecule has 1 heterocycles. The van der Waals surface area contributed by atoms with Crippen molar-refractivity contribution in [2.45, 2.75) is 38.5 Å². The summed E-state index contributed by atoms with van der Waals surface area (Å²) in [4.78, 5) is 14.0. The van der Waals surface area contributed by atoms with Crippen molar-refractivity contribution in [2.24, 2.45) is 0 Å². The minimum atomic E-state index is -0.240. The number of ether oxygens (including phenoxy) is 2. The van der Waals surface area contributed by atoms with Gasteiger partial charge in [0.25, 0.3) is 0 Å². The fourth-order valence-electron chi connectivity index (χ4n) is 2.55. The van der Waals surface area contributed by atoms with Gasteiger partial charge in [0.15, 0.2) is 0 Å². The quantitative estimate of drug-likeness (QED) is 0.838. The number of benzene rings is 1. The maximum absolute atomic E-state index is 12.2. The molecule has 104 valence electrons. The van der Waals surface area contributed by atoms with Crippen LogP contribution in [0.5, 0.6) is 0 Å². The molecule has 1 aromatic carbocycles. The van der Waals surface area contributed by atoms with Crippen LogP contribution in [0.1, 0.15) is 25.3 Å². The molecule has 0 spiro atoms.